The summed E-state index contributed by atoms with van der Waals surface area (Å²) < 4.78 is 6.10. The fraction of sp³-hybridized carbons (Fsp3) is 0.462. The van der Waals surface area contributed by atoms with Gasteiger partial charge in [0, 0.05) is 48.3 Å². The summed E-state index contributed by atoms with van der Waals surface area (Å²) in [5.74, 6) is 2.51. The van der Waals surface area contributed by atoms with Gasteiger partial charge in [-0.05, 0) is 42.2 Å². The molecule has 5 rings (SSSR count). The molecule has 5 heteroatoms. The van der Waals surface area contributed by atoms with Crippen LogP contribution in [0, 0.1) is 0 Å². The average Bonchev–Trinajstić information content (AvgIpc) is 3.48. The highest BCUT2D eigenvalue weighted by Gasteiger charge is 2.17. The Morgan fingerprint density at radius 2 is 1.84 bits per heavy atom. The summed E-state index contributed by atoms with van der Waals surface area (Å²) in [5.41, 5.74) is 6.08. The third kappa shape index (κ3) is 5.28. The van der Waals surface area contributed by atoms with Crippen molar-refractivity contribution in [1.82, 2.24) is 9.88 Å². The Labute approximate surface area is 189 Å². The molecule has 1 aliphatic carbocycles. The maximum atomic E-state index is 6.10. The predicted octanol–water partition coefficient (Wildman–Crippen LogP) is 5.75. The number of ether oxygens (including phenoxy) is 1. The zero-order chi connectivity index (χ0) is 20.9. The molecule has 0 atom stereocenters. The maximum absolute atomic E-state index is 6.10. The molecule has 1 aliphatic heterocycles. The minimum atomic E-state index is 0.583. The van der Waals surface area contributed by atoms with E-state index < -0.39 is 0 Å². The first-order valence-corrected chi connectivity index (χ1v) is 12.9. The number of nitrogens with one attached hydrogen (secondary N) is 2. The molecule has 0 spiro atoms. The number of rotatable bonds is 8. The molecule has 2 aliphatic rings. The van der Waals surface area contributed by atoms with Gasteiger partial charge in [-0.2, -0.15) is 11.8 Å². The molecule has 0 amide bonds. The van der Waals surface area contributed by atoms with Crippen LogP contribution in [0.5, 0.6) is 0 Å². The van der Waals surface area contributed by atoms with Gasteiger partial charge in [-0.3, -0.25) is 4.90 Å². The van der Waals surface area contributed by atoms with Gasteiger partial charge < -0.3 is 15.0 Å². The number of anilines is 1. The largest absolute Gasteiger partial charge is 0.381 e. The Hall–Kier alpha value is -1.95. The third-order valence-corrected chi connectivity index (χ3v) is 7.45. The van der Waals surface area contributed by atoms with Crippen molar-refractivity contribution < 1.29 is 4.74 Å². The fourth-order valence-electron chi connectivity index (χ4n) is 4.78. The number of thioether (sulfide) groups is 1. The Morgan fingerprint density at radius 1 is 1.03 bits per heavy atom. The summed E-state index contributed by atoms with van der Waals surface area (Å²) in [4.78, 5) is 6.20. The van der Waals surface area contributed by atoms with E-state index in [1.807, 2.05) is 0 Å². The smallest absolute Gasteiger partial charge is 0.0718 e. The van der Waals surface area contributed by atoms with Gasteiger partial charge in [0.15, 0.2) is 0 Å². The Morgan fingerprint density at radius 3 is 2.65 bits per heavy atom. The van der Waals surface area contributed by atoms with Gasteiger partial charge in [0.25, 0.3) is 0 Å². The van der Waals surface area contributed by atoms with Gasteiger partial charge in [-0.15, -0.1) is 0 Å². The minimum absolute atomic E-state index is 0.583. The highest BCUT2D eigenvalue weighted by Crippen LogP contribution is 2.32. The second-order valence-electron chi connectivity index (χ2n) is 8.79. The normalized spacial score (nSPS) is 18.1. The molecule has 1 aromatic heterocycles. The van der Waals surface area contributed by atoms with E-state index >= 15 is 0 Å². The molecule has 0 bridgehead atoms. The van der Waals surface area contributed by atoms with Gasteiger partial charge in [-0.25, -0.2) is 0 Å². The number of benzene rings is 2. The molecule has 1 saturated heterocycles. The molecule has 31 heavy (non-hydrogen) atoms. The van der Waals surface area contributed by atoms with Crippen LogP contribution in [-0.2, 0) is 11.3 Å². The molecule has 2 fully saturated rings. The highest BCUT2D eigenvalue weighted by molar-refractivity contribution is 7.99. The van der Waals surface area contributed by atoms with E-state index in [9.17, 15) is 0 Å². The van der Waals surface area contributed by atoms with Crippen LogP contribution in [0.15, 0.2) is 48.5 Å². The van der Waals surface area contributed by atoms with Crippen molar-refractivity contribution >= 4 is 28.4 Å². The van der Waals surface area contributed by atoms with Crippen LogP contribution in [0.1, 0.15) is 31.2 Å². The van der Waals surface area contributed by atoms with Crippen LogP contribution in [0.2, 0.25) is 0 Å². The number of fused-ring (bicyclic) bond motifs is 1. The lowest BCUT2D eigenvalue weighted by Gasteiger charge is -2.25. The number of aromatic nitrogens is 1. The maximum Gasteiger partial charge on any atom is 0.0718 e. The van der Waals surface area contributed by atoms with Crippen molar-refractivity contribution in [3.63, 3.8) is 0 Å². The topological polar surface area (TPSA) is 40.3 Å². The molecule has 2 N–H and O–H groups in total. The van der Waals surface area contributed by atoms with Crippen LogP contribution < -0.4 is 5.32 Å². The zero-order valence-electron chi connectivity index (χ0n) is 18.2. The fourth-order valence-corrected chi connectivity index (χ4v) is 5.75. The number of aromatic amines is 1. The van der Waals surface area contributed by atoms with Crippen LogP contribution >= 0.6 is 11.8 Å². The SMILES string of the molecule is c1ccc(-c2cc3cc(COCCN4CCSCC4)cc(NC4CCCC4)c3[nH]2)cc1. The lowest BCUT2D eigenvalue weighted by molar-refractivity contribution is 0.0956. The first kappa shape index (κ1) is 20.9. The molecule has 2 aromatic carbocycles. The first-order valence-electron chi connectivity index (χ1n) is 11.7. The average molecular weight is 436 g/mol. The lowest BCUT2D eigenvalue weighted by Crippen LogP contribution is -2.35. The molecule has 0 unspecified atom stereocenters. The van der Waals surface area contributed by atoms with Crippen LogP contribution in [-0.4, -0.2) is 53.7 Å². The number of nitrogens with zero attached hydrogens (tertiary/aromatic N) is 1. The summed E-state index contributed by atoms with van der Waals surface area (Å²) in [6.07, 6.45) is 5.20. The van der Waals surface area contributed by atoms with E-state index in [4.69, 9.17) is 4.74 Å². The zero-order valence-corrected chi connectivity index (χ0v) is 19.1. The molecule has 3 aromatic rings. The lowest BCUT2D eigenvalue weighted by atomic mass is 10.1. The van der Waals surface area contributed by atoms with Crippen LogP contribution in [0.3, 0.4) is 0 Å². The highest BCUT2D eigenvalue weighted by atomic mass is 32.2. The predicted molar refractivity (Wildman–Crippen MR) is 133 cm³/mol. The van der Waals surface area contributed by atoms with E-state index in [1.165, 1.54) is 83.7 Å². The number of H-pyrrole nitrogens is 1. The van der Waals surface area contributed by atoms with E-state index in [1.54, 1.807) is 0 Å². The molecule has 164 valence electrons. The molecule has 0 radical (unpaired) electrons. The standard InChI is InChI=1S/C26H33N3OS/c1-2-6-21(7-3-1)24-18-22-16-20(19-30-13-10-29-11-14-31-15-12-29)17-25(26(22)28-24)27-23-8-4-5-9-23/h1-3,6-7,16-18,23,27-28H,4-5,8-15,19H2. The van der Waals surface area contributed by atoms with Crippen molar-refractivity contribution in [2.24, 2.45) is 0 Å². The number of hydrogen-bond acceptors (Lipinski definition) is 4. The number of hydrogen-bond donors (Lipinski definition) is 2. The Bertz CT molecular complexity index is 975. The van der Waals surface area contributed by atoms with Crippen molar-refractivity contribution in [1.29, 1.82) is 0 Å². The second-order valence-corrected chi connectivity index (χ2v) is 10.0. The first-order chi connectivity index (χ1) is 15.3. The van der Waals surface area contributed by atoms with Gasteiger partial charge in [0.1, 0.15) is 0 Å². The summed E-state index contributed by atoms with van der Waals surface area (Å²) in [5, 5.41) is 5.09. The summed E-state index contributed by atoms with van der Waals surface area (Å²) in [6.45, 7) is 4.90. The van der Waals surface area contributed by atoms with Gasteiger partial charge in [0.05, 0.1) is 24.4 Å². The second kappa shape index (κ2) is 10.1. The van der Waals surface area contributed by atoms with E-state index in [-0.39, 0.29) is 0 Å². The molecule has 1 saturated carbocycles. The Kier molecular flexibility index (Phi) is 6.83. The van der Waals surface area contributed by atoms with Gasteiger partial charge in [-0.1, -0.05) is 43.2 Å². The summed E-state index contributed by atoms with van der Waals surface area (Å²) >= 11 is 2.06. The molecule has 4 nitrogen and oxygen atoms in total. The molecular formula is C26H33N3OS. The third-order valence-electron chi connectivity index (χ3n) is 6.51. The van der Waals surface area contributed by atoms with Crippen LogP contribution in [0.4, 0.5) is 5.69 Å². The van der Waals surface area contributed by atoms with Crippen molar-refractivity contribution in [3.05, 3.63) is 54.1 Å². The van der Waals surface area contributed by atoms with E-state index in [0.717, 1.165) is 13.2 Å². The summed E-state index contributed by atoms with van der Waals surface area (Å²) in [6, 6.07) is 18.0. The van der Waals surface area contributed by atoms with Crippen molar-refractivity contribution in [3.8, 4) is 11.3 Å². The summed E-state index contributed by atoms with van der Waals surface area (Å²) in [7, 11) is 0. The Balaban J connectivity index is 1.33. The monoisotopic (exact) mass is 435 g/mol. The molecule has 2 heterocycles. The van der Waals surface area contributed by atoms with Crippen molar-refractivity contribution in [2.75, 3.05) is 43.1 Å². The van der Waals surface area contributed by atoms with Crippen LogP contribution in [0.25, 0.3) is 22.2 Å². The van der Waals surface area contributed by atoms with E-state index in [0.29, 0.717) is 12.6 Å². The van der Waals surface area contributed by atoms with Crippen molar-refractivity contribution in [2.45, 2.75) is 38.3 Å². The van der Waals surface area contributed by atoms with Gasteiger partial charge in [0.2, 0.25) is 0 Å². The quantitative estimate of drug-likeness (QED) is 0.442. The molecular weight excluding hydrogens is 402 g/mol. The van der Waals surface area contributed by atoms with E-state index in [2.05, 4.69) is 75.5 Å². The minimum Gasteiger partial charge on any atom is -0.381 e. The van der Waals surface area contributed by atoms with Gasteiger partial charge >= 0.3 is 0 Å².